The summed E-state index contributed by atoms with van der Waals surface area (Å²) in [4.78, 5) is 13.9. The number of para-hydroxylation sites is 1. The molecular weight excluding hydrogens is 428 g/mol. The van der Waals surface area contributed by atoms with Crippen molar-refractivity contribution in [3.63, 3.8) is 0 Å². The molecule has 30 heavy (non-hydrogen) atoms. The molecule has 1 aromatic heterocycles. The molecule has 0 aliphatic heterocycles. The molecule has 1 heterocycles. The summed E-state index contributed by atoms with van der Waals surface area (Å²) < 4.78 is 49.7. The van der Waals surface area contributed by atoms with Crippen LogP contribution in [0.5, 0.6) is 0 Å². The minimum absolute atomic E-state index is 0.289. The van der Waals surface area contributed by atoms with E-state index >= 15 is 0 Å². The van der Waals surface area contributed by atoms with E-state index in [1.165, 1.54) is 18.2 Å². The van der Waals surface area contributed by atoms with Crippen molar-refractivity contribution in [2.24, 2.45) is 5.14 Å². The zero-order valence-corrected chi connectivity index (χ0v) is 17.8. The number of hydrogen-bond donors (Lipinski definition) is 3. The number of rotatable bonds is 6. The lowest BCUT2D eigenvalue weighted by Crippen LogP contribution is -2.41. The lowest BCUT2D eigenvalue weighted by molar-refractivity contribution is 0.0944. The first-order chi connectivity index (χ1) is 14.0. The summed E-state index contributed by atoms with van der Waals surface area (Å²) >= 11 is 0. The molecule has 2 aromatic carbocycles. The van der Waals surface area contributed by atoms with Crippen LogP contribution in [0.25, 0.3) is 5.69 Å². The Morgan fingerprint density at radius 3 is 2.17 bits per heavy atom. The Hall–Kier alpha value is -2.99. The third-order valence-electron chi connectivity index (χ3n) is 4.43. The largest absolute Gasteiger partial charge is 0.318 e. The van der Waals surface area contributed by atoms with Gasteiger partial charge >= 0.3 is 0 Å². The molecule has 3 rings (SSSR count). The highest BCUT2D eigenvalue weighted by Gasteiger charge is 2.21. The summed E-state index contributed by atoms with van der Waals surface area (Å²) in [5.74, 6) is -0.656. The third-order valence-corrected chi connectivity index (χ3v) is 6.59. The molecule has 0 saturated heterocycles. The van der Waals surface area contributed by atoms with Gasteiger partial charge in [-0.1, -0.05) is 24.3 Å². The molecule has 0 bridgehead atoms. The molecule has 0 aliphatic carbocycles. The number of hydrazine groups is 1. The summed E-state index contributed by atoms with van der Waals surface area (Å²) in [6.07, 6.45) is 0. The number of aryl methyl sites for hydroxylation is 1. The van der Waals surface area contributed by atoms with E-state index in [4.69, 9.17) is 5.14 Å². The van der Waals surface area contributed by atoms with E-state index in [1.807, 2.05) is 46.7 Å². The monoisotopic (exact) mass is 448 g/mol. The third kappa shape index (κ3) is 4.44. The van der Waals surface area contributed by atoms with Gasteiger partial charge in [0.05, 0.1) is 15.4 Å². The minimum atomic E-state index is -4.22. The maximum atomic E-state index is 12.6. The number of aromatic nitrogens is 1. The average molecular weight is 449 g/mol. The van der Waals surface area contributed by atoms with Crippen molar-refractivity contribution in [3.8, 4) is 5.69 Å². The first-order valence-electron chi connectivity index (χ1n) is 8.70. The molecule has 158 valence electrons. The van der Waals surface area contributed by atoms with E-state index in [0.717, 1.165) is 17.4 Å². The van der Waals surface area contributed by atoms with Gasteiger partial charge in [0.15, 0.2) is 0 Å². The van der Waals surface area contributed by atoms with Crippen molar-refractivity contribution in [3.05, 3.63) is 77.6 Å². The zero-order valence-electron chi connectivity index (χ0n) is 16.2. The summed E-state index contributed by atoms with van der Waals surface area (Å²) in [6, 6.07) is 15.6. The normalized spacial score (nSPS) is 12.0. The fourth-order valence-electron chi connectivity index (χ4n) is 3.03. The van der Waals surface area contributed by atoms with Crippen LogP contribution in [0.4, 0.5) is 0 Å². The Kier molecular flexibility index (Phi) is 5.81. The molecule has 0 aliphatic rings. The number of hydrogen-bond acceptors (Lipinski definition) is 5. The van der Waals surface area contributed by atoms with E-state index in [0.29, 0.717) is 5.69 Å². The second kappa shape index (κ2) is 8.03. The van der Waals surface area contributed by atoms with Crippen LogP contribution in [-0.4, -0.2) is 27.3 Å². The van der Waals surface area contributed by atoms with Gasteiger partial charge in [-0.15, -0.1) is 4.83 Å². The van der Waals surface area contributed by atoms with E-state index in [9.17, 15) is 21.6 Å². The van der Waals surface area contributed by atoms with Crippen LogP contribution < -0.4 is 15.4 Å². The van der Waals surface area contributed by atoms with Crippen molar-refractivity contribution >= 4 is 26.0 Å². The molecule has 9 nitrogen and oxygen atoms in total. The Labute approximate surface area is 174 Å². The van der Waals surface area contributed by atoms with Crippen LogP contribution in [0.15, 0.2) is 70.5 Å². The van der Waals surface area contributed by atoms with Crippen molar-refractivity contribution in [2.75, 3.05) is 0 Å². The van der Waals surface area contributed by atoms with Crippen LogP contribution in [0.2, 0.25) is 0 Å². The second-order valence-corrected chi connectivity index (χ2v) is 9.78. The molecule has 3 aromatic rings. The topological polar surface area (TPSA) is 140 Å². The number of carbonyl (C=O) groups excluding carboxylic acids is 1. The van der Waals surface area contributed by atoms with Gasteiger partial charge in [-0.3, -0.25) is 10.2 Å². The highest BCUT2D eigenvalue weighted by Crippen LogP contribution is 2.20. The summed E-state index contributed by atoms with van der Waals surface area (Å²) in [5.41, 5.74) is 4.74. The Balaban J connectivity index is 1.83. The molecule has 0 fully saturated rings. The van der Waals surface area contributed by atoms with Crippen LogP contribution in [0.1, 0.15) is 21.7 Å². The lowest BCUT2D eigenvalue weighted by atomic mass is 10.2. The molecule has 0 saturated carbocycles. The van der Waals surface area contributed by atoms with Gasteiger partial charge in [0.25, 0.3) is 15.9 Å². The quantitative estimate of drug-likeness (QED) is 0.489. The number of primary sulfonamides is 1. The number of benzene rings is 2. The smallest absolute Gasteiger partial charge is 0.268 e. The van der Waals surface area contributed by atoms with Gasteiger partial charge in [0, 0.05) is 17.1 Å². The average Bonchev–Trinajstić information content (AvgIpc) is 3.00. The van der Waals surface area contributed by atoms with Gasteiger partial charge < -0.3 is 4.57 Å². The highest BCUT2D eigenvalue weighted by molar-refractivity contribution is 7.90. The first kappa shape index (κ1) is 21.7. The molecule has 4 N–H and O–H groups in total. The molecular formula is C19H20N4O5S2. The predicted molar refractivity (Wildman–Crippen MR) is 111 cm³/mol. The van der Waals surface area contributed by atoms with Gasteiger partial charge in [-0.05, 0) is 50.2 Å². The first-order valence-corrected chi connectivity index (χ1v) is 11.7. The fraction of sp³-hybridized carbons (Fsp3) is 0.105. The van der Waals surface area contributed by atoms with Crippen molar-refractivity contribution in [1.82, 2.24) is 14.8 Å². The van der Waals surface area contributed by atoms with E-state index in [1.54, 1.807) is 13.0 Å². The second-order valence-electron chi connectivity index (χ2n) is 6.54. The van der Waals surface area contributed by atoms with Crippen molar-refractivity contribution in [1.29, 1.82) is 0 Å². The fourth-order valence-corrected chi connectivity index (χ4v) is 4.54. The number of nitrogens with two attached hydrogens (primary N) is 1. The summed E-state index contributed by atoms with van der Waals surface area (Å²) in [6.45, 7) is 3.58. The van der Waals surface area contributed by atoms with Gasteiger partial charge in [-0.2, -0.15) is 0 Å². The Bertz CT molecular complexity index is 1310. The van der Waals surface area contributed by atoms with Crippen molar-refractivity contribution in [2.45, 2.75) is 23.6 Å². The number of carbonyl (C=O) groups is 1. The molecule has 11 heteroatoms. The number of nitrogens with zero attached hydrogens (tertiary/aromatic N) is 1. The molecule has 0 unspecified atom stereocenters. The highest BCUT2D eigenvalue weighted by atomic mass is 32.2. The maximum Gasteiger partial charge on any atom is 0.268 e. The van der Waals surface area contributed by atoms with Crippen molar-refractivity contribution < 1.29 is 21.6 Å². The van der Waals surface area contributed by atoms with Crippen LogP contribution in [0, 0.1) is 13.8 Å². The zero-order chi connectivity index (χ0) is 22.1. The Morgan fingerprint density at radius 1 is 0.900 bits per heavy atom. The van der Waals surface area contributed by atoms with Gasteiger partial charge in [0.1, 0.15) is 0 Å². The van der Waals surface area contributed by atoms with Crippen LogP contribution >= 0.6 is 0 Å². The maximum absolute atomic E-state index is 12.6. The van der Waals surface area contributed by atoms with Gasteiger partial charge in [-0.25, -0.2) is 22.0 Å². The van der Waals surface area contributed by atoms with E-state index in [2.05, 4.69) is 5.43 Å². The van der Waals surface area contributed by atoms with E-state index in [-0.39, 0.29) is 15.4 Å². The number of nitrogens with one attached hydrogen (secondary N) is 2. The minimum Gasteiger partial charge on any atom is -0.318 e. The predicted octanol–water partition coefficient (Wildman–Crippen LogP) is 1.36. The molecule has 1 amide bonds. The summed E-state index contributed by atoms with van der Waals surface area (Å²) in [5, 5.41) is 5.03. The molecule has 0 spiro atoms. The molecule has 0 atom stereocenters. The van der Waals surface area contributed by atoms with Gasteiger partial charge in [0.2, 0.25) is 10.0 Å². The van der Waals surface area contributed by atoms with E-state index < -0.39 is 26.0 Å². The summed E-state index contributed by atoms with van der Waals surface area (Å²) in [7, 11) is -8.30. The van der Waals surface area contributed by atoms with Crippen LogP contribution in [0.3, 0.4) is 0 Å². The number of sulfonamides is 2. The SMILES string of the molecule is Cc1cc(C(=O)NNS(=O)(=O)c2cccc(S(N)(=O)=O)c2)c(C)n1-c1ccccc1. The Morgan fingerprint density at radius 2 is 1.53 bits per heavy atom. The lowest BCUT2D eigenvalue weighted by Gasteiger charge is -2.11. The molecule has 0 radical (unpaired) electrons. The van der Waals surface area contributed by atoms with Crippen LogP contribution in [-0.2, 0) is 20.0 Å². The standard InChI is InChI=1S/C19H20N4O5S2/c1-13-11-18(14(2)23(13)15-7-4-3-5-8-15)19(24)21-22-30(27,28)17-10-6-9-16(12-17)29(20,25)26/h3-12,22H,1-2H3,(H,21,24)(H2,20,25,26). The number of amides is 1.